The third kappa shape index (κ3) is 3.48. The number of carbonyl (C=O) groups is 2. The molecule has 0 aliphatic carbocycles. The monoisotopic (exact) mass is 552 g/mol. The summed E-state index contributed by atoms with van der Waals surface area (Å²) in [6, 6.07) is 21.4. The molecule has 1 spiro atoms. The Hall–Kier alpha value is -5.18. The summed E-state index contributed by atoms with van der Waals surface area (Å²) >= 11 is 0. The van der Waals surface area contributed by atoms with Gasteiger partial charge in [0.1, 0.15) is 23.0 Å². The average molecular weight is 553 g/mol. The van der Waals surface area contributed by atoms with Gasteiger partial charge in [0.2, 0.25) is 5.76 Å². The molecule has 2 aliphatic heterocycles. The molecule has 41 heavy (non-hydrogen) atoms. The van der Waals surface area contributed by atoms with E-state index in [0.717, 1.165) is 12.1 Å². The highest BCUT2D eigenvalue weighted by Crippen LogP contribution is 2.53. The van der Waals surface area contributed by atoms with Gasteiger partial charge >= 0.3 is 0 Å². The van der Waals surface area contributed by atoms with E-state index in [2.05, 4.69) is 0 Å². The molecule has 7 rings (SSSR count). The molecule has 0 saturated heterocycles. The third-order valence-corrected chi connectivity index (χ3v) is 7.74. The SMILES string of the molecule is O=C1c2oc3ccc(F)cc3c(=O)c2C2(C(=O)N(Cc3ccccc3F)c3ccccc32)N1Cc1ccc(F)cc1. The van der Waals surface area contributed by atoms with E-state index >= 15 is 0 Å². The number of carbonyl (C=O) groups excluding carboxylic acids is 2. The van der Waals surface area contributed by atoms with Crippen molar-refractivity contribution in [3.63, 3.8) is 0 Å². The van der Waals surface area contributed by atoms with Crippen molar-refractivity contribution in [3.05, 3.63) is 147 Å². The number of fused-ring (bicyclic) bond motifs is 5. The van der Waals surface area contributed by atoms with Gasteiger partial charge in [-0.1, -0.05) is 48.5 Å². The minimum Gasteiger partial charge on any atom is -0.450 e. The molecule has 0 bridgehead atoms. The lowest BCUT2D eigenvalue weighted by molar-refractivity contribution is -0.126. The topological polar surface area (TPSA) is 70.8 Å². The number of hydrogen-bond donors (Lipinski definition) is 0. The van der Waals surface area contributed by atoms with Crippen molar-refractivity contribution in [3.8, 4) is 0 Å². The lowest BCUT2D eigenvalue weighted by Gasteiger charge is -2.34. The number of amides is 2. The van der Waals surface area contributed by atoms with E-state index in [0.29, 0.717) is 16.8 Å². The first-order valence-electron chi connectivity index (χ1n) is 12.8. The van der Waals surface area contributed by atoms with E-state index < -0.39 is 40.2 Å². The van der Waals surface area contributed by atoms with Crippen LogP contribution in [-0.4, -0.2) is 16.7 Å². The van der Waals surface area contributed by atoms with Gasteiger partial charge < -0.3 is 14.2 Å². The smallest absolute Gasteiger partial charge is 0.291 e. The summed E-state index contributed by atoms with van der Waals surface area (Å²) in [5.41, 5.74) is -1.55. The highest BCUT2D eigenvalue weighted by Gasteiger charge is 2.65. The first-order valence-corrected chi connectivity index (χ1v) is 12.8. The van der Waals surface area contributed by atoms with Crippen molar-refractivity contribution in [1.29, 1.82) is 0 Å². The minimum atomic E-state index is -2.00. The van der Waals surface area contributed by atoms with E-state index in [1.807, 2.05) is 0 Å². The number of nitrogens with zero attached hydrogens (tertiary/aromatic N) is 2. The molecular weight excluding hydrogens is 533 g/mol. The Labute approximate surface area is 230 Å². The fraction of sp³-hybridized carbons (Fsp3) is 0.0938. The van der Waals surface area contributed by atoms with E-state index in [1.54, 1.807) is 36.4 Å². The van der Waals surface area contributed by atoms with Gasteiger partial charge in [-0.25, -0.2) is 13.2 Å². The number of rotatable bonds is 4. The van der Waals surface area contributed by atoms with Crippen LogP contribution >= 0.6 is 0 Å². The molecule has 1 atom stereocenters. The standard InChI is InChI=1S/C32H19F3N2O4/c33-20-11-9-18(10-12-20)16-37-30(39)29-27(28(38)22-15-21(34)13-14-26(22)41-29)32(37)23-6-2-4-8-25(23)36(31(32)40)17-19-5-1-3-7-24(19)35/h1-15H,16-17H2. The lowest BCUT2D eigenvalue weighted by Crippen LogP contribution is -2.53. The van der Waals surface area contributed by atoms with Crippen molar-refractivity contribution < 1.29 is 27.2 Å². The van der Waals surface area contributed by atoms with Crippen molar-refractivity contribution in [2.24, 2.45) is 0 Å². The van der Waals surface area contributed by atoms with Crippen LogP contribution in [0.1, 0.15) is 32.8 Å². The number of anilines is 1. The van der Waals surface area contributed by atoms with Crippen molar-refractivity contribution in [2.75, 3.05) is 4.90 Å². The predicted molar refractivity (Wildman–Crippen MR) is 144 cm³/mol. The zero-order valence-corrected chi connectivity index (χ0v) is 21.2. The Morgan fingerprint density at radius 1 is 0.756 bits per heavy atom. The Morgan fingerprint density at radius 3 is 2.24 bits per heavy atom. The largest absolute Gasteiger partial charge is 0.450 e. The van der Waals surface area contributed by atoms with Gasteiger partial charge in [0, 0.05) is 17.7 Å². The number of benzene rings is 4. The van der Waals surface area contributed by atoms with Crippen LogP contribution in [0, 0.1) is 17.5 Å². The van der Waals surface area contributed by atoms with Crippen LogP contribution in [0.3, 0.4) is 0 Å². The van der Waals surface area contributed by atoms with Crippen LogP contribution in [-0.2, 0) is 23.4 Å². The summed E-state index contributed by atoms with van der Waals surface area (Å²) in [4.78, 5) is 45.5. The summed E-state index contributed by atoms with van der Waals surface area (Å²) in [5, 5.41) is -0.127. The predicted octanol–water partition coefficient (Wildman–Crippen LogP) is 5.66. The molecule has 0 saturated carbocycles. The molecule has 202 valence electrons. The van der Waals surface area contributed by atoms with Crippen LogP contribution in [0.5, 0.6) is 0 Å². The maximum Gasteiger partial charge on any atom is 0.291 e. The molecule has 0 N–H and O–H groups in total. The zero-order valence-electron chi connectivity index (χ0n) is 21.2. The van der Waals surface area contributed by atoms with Gasteiger partial charge in [-0.2, -0.15) is 0 Å². The lowest BCUT2D eigenvalue weighted by atomic mass is 9.83. The van der Waals surface area contributed by atoms with Crippen molar-refractivity contribution >= 4 is 28.5 Å². The van der Waals surface area contributed by atoms with Crippen LogP contribution in [0.4, 0.5) is 18.9 Å². The maximum absolute atomic E-state index is 14.8. The highest BCUT2D eigenvalue weighted by atomic mass is 19.1. The minimum absolute atomic E-state index is 0.00998. The van der Waals surface area contributed by atoms with Gasteiger partial charge in [-0.05, 0) is 48.0 Å². The van der Waals surface area contributed by atoms with Crippen molar-refractivity contribution in [1.82, 2.24) is 4.90 Å². The van der Waals surface area contributed by atoms with Crippen LogP contribution in [0.2, 0.25) is 0 Å². The van der Waals surface area contributed by atoms with Gasteiger partial charge in [0.05, 0.1) is 23.2 Å². The van der Waals surface area contributed by atoms with Gasteiger partial charge in [0.25, 0.3) is 11.8 Å². The molecule has 0 fully saturated rings. The van der Waals surface area contributed by atoms with E-state index in [9.17, 15) is 27.6 Å². The molecule has 2 amide bonds. The Kier molecular flexibility index (Phi) is 5.40. The molecule has 2 aliphatic rings. The van der Waals surface area contributed by atoms with Crippen molar-refractivity contribution in [2.45, 2.75) is 18.6 Å². The van der Waals surface area contributed by atoms with Gasteiger partial charge in [-0.3, -0.25) is 14.4 Å². The number of para-hydroxylation sites is 1. The van der Waals surface area contributed by atoms with E-state index in [1.165, 1.54) is 52.3 Å². The number of halogens is 3. The second kappa shape index (κ2) is 8.92. The molecule has 0 radical (unpaired) electrons. The average Bonchev–Trinajstić information content (AvgIpc) is 3.36. The normalized spacial score (nSPS) is 17.5. The van der Waals surface area contributed by atoms with E-state index in [4.69, 9.17) is 4.42 Å². The first-order chi connectivity index (χ1) is 19.8. The van der Waals surface area contributed by atoms with Crippen LogP contribution < -0.4 is 10.3 Å². The summed E-state index contributed by atoms with van der Waals surface area (Å²) in [7, 11) is 0. The Morgan fingerprint density at radius 2 is 1.46 bits per heavy atom. The fourth-order valence-electron chi connectivity index (χ4n) is 5.91. The molecule has 1 aromatic heterocycles. The number of hydrogen-bond acceptors (Lipinski definition) is 4. The third-order valence-electron chi connectivity index (χ3n) is 7.74. The second-order valence-corrected chi connectivity index (χ2v) is 10.0. The molecule has 5 aromatic rings. The quantitative estimate of drug-likeness (QED) is 0.289. The highest BCUT2D eigenvalue weighted by molar-refractivity contribution is 6.17. The molecule has 9 heteroatoms. The fourth-order valence-corrected chi connectivity index (χ4v) is 5.91. The van der Waals surface area contributed by atoms with Gasteiger partial charge in [-0.15, -0.1) is 0 Å². The Bertz CT molecular complexity index is 1970. The van der Waals surface area contributed by atoms with Crippen LogP contribution in [0.25, 0.3) is 11.0 Å². The summed E-state index contributed by atoms with van der Waals surface area (Å²) in [6.45, 7) is -0.354. The molecule has 1 unspecified atom stereocenters. The van der Waals surface area contributed by atoms with E-state index in [-0.39, 0.29) is 40.9 Å². The molecular formula is C32H19F3N2O4. The van der Waals surface area contributed by atoms with Crippen LogP contribution in [0.15, 0.2) is 100 Å². The molecule has 6 nitrogen and oxygen atoms in total. The maximum atomic E-state index is 14.8. The second-order valence-electron chi connectivity index (χ2n) is 10.0. The van der Waals surface area contributed by atoms with Gasteiger partial charge in [0.15, 0.2) is 11.0 Å². The molecule has 4 aromatic carbocycles. The Balaban J connectivity index is 1.52. The summed E-state index contributed by atoms with van der Waals surface area (Å²) in [5.74, 6) is -3.44. The summed E-state index contributed by atoms with van der Waals surface area (Å²) < 4.78 is 48.7. The summed E-state index contributed by atoms with van der Waals surface area (Å²) in [6.07, 6.45) is 0. The first kappa shape index (κ1) is 24.8. The molecule has 3 heterocycles. The zero-order chi connectivity index (χ0) is 28.5.